The van der Waals surface area contributed by atoms with Crippen molar-refractivity contribution in [3.8, 4) is 0 Å². The normalized spacial score (nSPS) is 13.9. The summed E-state index contributed by atoms with van der Waals surface area (Å²) in [6, 6.07) is 0. The Kier molecular flexibility index (Phi) is 5.81. The van der Waals surface area contributed by atoms with Crippen molar-refractivity contribution < 1.29 is 9.47 Å². The predicted molar refractivity (Wildman–Crippen MR) is 36.0 cm³/mol. The van der Waals surface area contributed by atoms with E-state index in [1.165, 1.54) is 0 Å². The van der Waals surface area contributed by atoms with Crippen LogP contribution < -0.4 is 0 Å². The molecule has 0 aromatic rings. The number of halogens is 1. The van der Waals surface area contributed by atoms with Gasteiger partial charge in [0.05, 0.1) is 0 Å². The van der Waals surface area contributed by atoms with E-state index in [2.05, 4.69) is 15.9 Å². The molecule has 0 radical (unpaired) electrons. The van der Waals surface area contributed by atoms with Crippen LogP contribution in [-0.2, 0) is 9.47 Å². The van der Waals surface area contributed by atoms with Gasteiger partial charge in [-0.15, -0.1) is 0 Å². The predicted octanol–water partition coefficient (Wildman–Crippen LogP) is 1.74. The molecule has 0 aromatic carbocycles. The third-order valence-corrected chi connectivity index (χ3v) is 0.963. The number of hydrogen-bond acceptors (Lipinski definition) is 2. The summed E-state index contributed by atoms with van der Waals surface area (Å²) in [6.07, 6.45) is -0.0839. The van der Waals surface area contributed by atoms with Crippen molar-refractivity contribution in [2.45, 2.75) is 20.1 Å². The standard InChI is InChI=1S/C5H11BrO2/c1-3-7-5(2)8-4-6/h5H,3-4H2,1-2H3. The Hall–Kier alpha value is 0.400. The van der Waals surface area contributed by atoms with Crippen LogP contribution in [0.2, 0.25) is 0 Å². The fourth-order valence-corrected chi connectivity index (χ4v) is 0.744. The fraction of sp³-hybridized carbons (Fsp3) is 1.00. The van der Waals surface area contributed by atoms with Gasteiger partial charge in [-0.05, 0) is 13.8 Å². The van der Waals surface area contributed by atoms with E-state index in [0.717, 1.165) is 0 Å². The molecule has 3 heteroatoms. The molecule has 8 heavy (non-hydrogen) atoms. The van der Waals surface area contributed by atoms with Crippen LogP contribution in [-0.4, -0.2) is 18.4 Å². The number of ether oxygens (including phenoxy) is 2. The second-order valence-corrected chi connectivity index (χ2v) is 1.76. The fourth-order valence-electron chi connectivity index (χ4n) is 0.372. The topological polar surface area (TPSA) is 18.5 Å². The molecule has 0 saturated heterocycles. The van der Waals surface area contributed by atoms with E-state index in [0.29, 0.717) is 12.1 Å². The molecule has 1 unspecified atom stereocenters. The second-order valence-electron chi connectivity index (χ2n) is 1.30. The van der Waals surface area contributed by atoms with Crippen molar-refractivity contribution in [3.63, 3.8) is 0 Å². The summed E-state index contributed by atoms with van der Waals surface area (Å²) in [7, 11) is 0. The SMILES string of the molecule is CCOC(C)OCBr. The van der Waals surface area contributed by atoms with Crippen LogP contribution in [0.15, 0.2) is 0 Å². The first-order valence-electron chi connectivity index (χ1n) is 2.60. The van der Waals surface area contributed by atoms with E-state index >= 15 is 0 Å². The van der Waals surface area contributed by atoms with Crippen LogP contribution in [0.5, 0.6) is 0 Å². The molecular formula is C5H11BrO2. The third-order valence-electron chi connectivity index (χ3n) is 0.699. The first-order valence-corrected chi connectivity index (χ1v) is 3.72. The van der Waals surface area contributed by atoms with E-state index in [1.807, 2.05) is 13.8 Å². The molecule has 0 aliphatic rings. The van der Waals surface area contributed by atoms with E-state index in [4.69, 9.17) is 9.47 Å². The monoisotopic (exact) mass is 182 g/mol. The van der Waals surface area contributed by atoms with E-state index in [9.17, 15) is 0 Å². The molecule has 50 valence electrons. The van der Waals surface area contributed by atoms with Gasteiger partial charge in [0.15, 0.2) is 6.29 Å². The first kappa shape index (κ1) is 8.40. The Bertz CT molecular complexity index is 43.7. The lowest BCUT2D eigenvalue weighted by Crippen LogP contribution is -2.10. The summed E-state index contributed by atoms with van der Waals surface area (Å²) in [6.45, 7) is 4.51. The van der Waals surface area contributed by atoms with Crippen LogP contribution in [0.3, 0.4) is 0 Å². The van der Waals surface area contributed by atoms with E-state index < -0.39 is 0 Å². The van der Waals surface area contributed by atoms with Gasteiger partial charge in [-0.3, -0.25) is 0 Å². The number of hydrogen-bond donors (Lipinski definition) is 0. The maximum atomic E-state index is 5.03. The Balaban J connectivity index is 2.92. The molecule has 0 saturated carbocycles. The van der Waals surface area contributed by atoms with Crippen LogP contribution in [0, 0.1) is 0 Å². The van der Waals surface area contributed by atoms with Crippen LogP contribution in [0.4, 0.5) is 0 Å². The molecule has 0 aromatic heterocycles. The molecular weight excluding hydrogens is 172 g/mol. The van der Waals surface area contributed by atoms with Gasteiger partial charge in [-0.25, -0.2) is 0 Å². The lowest BCUT2D eigenvalue weighted by Gasteiger charge is -2.08. The van der Waals surface area contributed by atoms with E-state index in [-0.39, 0.29) is 6.29 Å². The second kappa shape index (κ2) is 5.54. The van der Waals surface area contributed by atoms with Crippen molar-refractivity contribution in [2.24, 2.45) is 0 Å². The molecule has 0 heterocycles. The highest BCUT2D eigenvalue weighted by molar-refractivity contribution is 9.09. The van der Waals surface area contributed by atoms with Gasteiger partial charge >= 0.3 is 0 Å². The largest absolute Gasteiger partial charge is 0.353 e. The highest BCUT2D eigenvalue weighted by Gasteiger charge is 1.95. The Labute approximate surface area is 58.3 Å². The smallest absolute Gasteiger partial charge is 0.155 e. The van der Waals surface area contributed by atoms with Crippen LogP contribution in [0.25, 0.3) is 0 Å². The lowest BCUT2D eigenvalue weighted by atomic mass is 10.7. The van der Waals surface area contributed by atoms with Crippen molar-refractivity contribution >= 4 is 15.9 Å². The average molecular weight is 183 g/mol. The zero-order valence-corrected chi connectivity index (χ0v) is 6.77. The summed E-state index contributed by atoms with van der Waals surface area (Å²) < 4.78 is 10.0. The van der Waals surface area contributed by atoms with Crippen molar-refractivity contribution in [1.82, 2.24) is 0 Å². The summed E-state index contributed by atoms with van der Waals surface area (Å²) in [5, 5.41) is 0. The summed E-state index contributed by atoms with van der Waals surface area (Å²) >= 11 is 3.12. The van der Waals surface area contributed by atoms with Gasteiger partial charge in [-0.2, -0.15) is 0 Å². The Morgan fingerprint density at radius 1 is 1.50 bits per heavy atom. The highest BCUT2D eigenvalue weighted by atomic mass is 79.9. The number of alkyl halides is 1. The molecule has 0 bridgehead atoms. The molecule has 0 aliphatic carbocycles. The molecule has 1 atom stereocenters. The summed E-state index contributed by atoms with van der Waals surface area (Å²) in [5.74, 6) is 0. The van der Waals surface area contributed by atoms with Crippen molar-refractivity contribution in [1.29, 1.82) is 0 Å². The van der Waals surface area contributed by atoms with Crippen LogP contribution in [0.1, 0.15) is 13.8 Å². The Morgan fingerprint density at radius 2 is 2.12 bits per heavy atom. The molecule has 0 rings (SSSR count). The lowest BCUT2D eigenvalue weighted by molar-refractivity contribution is -0.110. The maximum Gasteiger partial charge on any atom is 0.155 e. The first-order chi connectivity index (χ1) is 3.81. The van der Waals surface area contributed by atoms with Crippen molar-refractivity contribution in [3.05, 3.63) is 0 Å². The molecule has 2 nitrogen and oxygen atoms in total. The minimum absolute atomic E-state index is 0.0839. The number of rotatable bonds is 4. The quantitative estimate of drug-likeness (QED) is 0.488. The van der Waals surface area contributed by atoms with E-state index in [1.54, 1.807) is 0 Å². The van der Waals surface area contributed by atoms with Crippen LogP contribution >= 0.6 is 15.9 Å². The highest BCUT2D eigenvalue weighted by Crippen LogP contribution is 1.94. The maximum absolute atomic E-state index is 5.03. The zero-order valence-electron chi connectivity index (χ0n) is 5.19. The van der Waals surface area contributed by atoms with Gasteiger partial charge in [0.25, 0.3) is 0 Å². The minimum Gasteiger partial charge on any atom is -0.353 e. The summed E-state index contributed by atoms with van der Waals surface area (Å²) in [4.78, 5) is 0. The molecule has 0 fully saturated rings. The minimum atomic E-state index is -0.0839. The van der Waals surface area contributed by atoms with Gasteiger partial charge in [0, 0.05) is 6.61 Å². The Morgan fingerprint density at radius 3 is 2.50 bits per heavy atom. The molecule has 0 spiro atoms. The van der Waals surface area contributed by atoms with Gasteiger partial charge < -0.3 is 9.47 Å². The van der Waals surface area contributed by atoms with Gasteiger partial charge in [0.1, 0.15) is 5.52 Å². The summed E-state index contributed by atoms with van der Waals surface area (Å²) in [5.41, 5.74) is 0.536. The zero-order chi connectivity index (χ0) is 6.41. The average Bonchev–Trinajstić information content (AvgIpc) is 1.68. The molecule has 0 aliphatic heterocycles. The molecule has 0 amide bonds. The van der Waals surface area contributed by atoms with Crippen molar-refractivity contribution in [2.75, 3.05) is 12.1 Å². The molecule has 0 N–H and O–H groups in total. The van der Waals surface area contributed by atoms with Gasteiger partial charge in [-0.1, -0.05) is 15.9 Å². The van der Waals surface area contributed by atoms with Gasteiger partial charge in [0.2, 0.25) is 0 Å². The third kappa shape index (κ3) is 4.56.